The number of hydrogen-bond donors (Lipinski definition) is 0. The Bertz CT molecular complexity index is 522. The van der Waals surface area contributed by atoms with Gasteiger partial charge in [0, 0.05) is 37.6 Å². The van der Waals surface area contributed by atoms with Crippen LogP contribution in [0.1, 0.15) is 42.0 Å². The number of nitrogens with zero attached hydrogens (tertiary/aromatic N) is 4. The third-order valence-corrected chi connectivity index (χ3v) is 4.28. The van der Waals surface area contributed by atoms with Crippen molar-refractivity contribution in [3.8, 4) is 0 Å². The van der Waals surface area contributed by atoms with Gasteiger partial charge in [-0.15, -0.1) is 11.3 Å². The molecule has 4 nitrogen and oxygen atoms in total. The van der Waals surface area contributed by atoms with Crippen LogP contribution >= 0.6 is 11.3 Å². The largest absolute Gasteiger partial charge is 0.338 e. The van der Waals surface area contributed by atoms with Crippen LogP contribution in [0.25, 0.3) is 0 Å². The van der Waals surface area contributed by atoms with Gasteiger partial charge in [0.15, 0.2) is 0 Å². The first kappa shape index (κ1) is 14.2. The molecule has 0 aromatic carbocycles. The Morgan fingerprint density at radius 3 is 2.47 bits per heavy atom. The van der Waals surface area contributed by atoms with Crippen LogP contribution in [0.2, 0.25) is 0 Å². The standard InChI is InChI=1S/C14H22N4S/c1-10(2)14-16-13(9-19-14)7-17(4)6-12-8-18(5)11(3)15-12/h8-10H,6-7H2,1-5H3. The summed E-state index contributed by atoms with van der Waals surface area (Å²) in [6.45, 7) is 8.12. The molecule has 0 fully saturated rings. The average Bonchev–Trinajstić information content (AvgIpc) is 2.87. The zero-order valence-corrected chi connectivity index (χ0v) is 13.2. The van der Waals surface area contributed by atoms with Crippen LogP contribution in [-0.4, -0.2) is 26.5 Å². The van der Waals surface area contributed by atoms with E-state index < -0.39 is 0 Å². The van der Waals surface area contributed by atoms with Crippen molar-refractivity contribution in [1.82, 2.24) is 19.4 Å². The minimum absolute atomic E-state index is 0.516. The van der Waals surface area contributed by atoms with Crippen molar-refractivity contribution < 1.29 is 0 Å². The normalized spacial score (nSPS) is 11.7. The zero-order chi connectivity index (χ0) is 14.0. The predicted octanol–water partition coefficient (Wildman–Crippen LogP) is 2.94. The monoisotopic (exact) mass is 278 g/mol. The molecular formula is C14H22N4S. The second kappa shape index (κ2) is 5.84. The Hall–Kier alpha value is -1.20. The highest BCUT2D eigenvalue weighted by atomic mass is 32.1. The summed E-state index contributed by atoms with van der Waals surface area (Å²) in [5.41, 5.74) is 2.27. The van der Waals surface area contributed by atoms with E-state index in [0.717, 1.165) is 30.3 Å². The first-order valence-electron chi connectivity index (χ1n) is 6.57. The van der Waals surface area contributed by atoms with Gasteiger partial charge in [0.25, 0.3) is 0 Å². The topological polar surface area (TPSA) is 34.0 Å². The fourth-order valence-corrected chi connectivity index (χ4v) is 2.80. The van der Waals surface area contributed by atoms with Gasteiger partial charge < -0.3 is 4.57 Å². The Morgan fingerprint density at radius 1 is 1.26 bits per heavy atom. The molecule has 0 N–H and O–H groups in total. The number of rotatable bonds is 5. The molecule has 0 unspecified atom stereocenters. The highest BCUT2D eigenvalue weighted by Crippen LogP contribution is 2.20. The van der Waals surface area contributed by atoms with Gasteiger partial charge in [-0.1, -0.05) is 13.8 Å². The van der Waals surface area contributed by atoms with Crippen molar-refractivity contribution in [3.05, 3.63) is 33.8 Å². The molecule has 0 aliphatic heterocycles. The molecular weight excluding hydrogens is 256 g/mol. The van der Waals surface area contributed by atoms with Gasteiger partial charge in [0.1, 0.15) is 5.82 Å². The molecule has 0 aliphatic rings. The van der Waals surface area contributed by atoms with Gasteiger partial charge in [-0.3, -0.25) is 4.90 Å². The van der Waals surface area contributed by atoms with Crippen LogP contribution < -0.4 is 0 Å². The van der Waals surface area contributed by atoms with Crippen molar-refractivity contribution in [1.29, 1.82) is 0 Å². The summed E-state index contributed by atoms with van der Waals surface area (Å²) < 4.78 is 2.06. The number of imidazole rings is 1. The van der Waals surface area contributed by atoms with Crippen molar-refractivity contribution in [2.45, 2.75) is 39.8 Å². The molecule has 0 aliphatic carbocycles. The fraction of sp³-hybridized carbons (Fsp3) is 0.571. The molecule has 2 aromatic rings. The third kappa shape index (κ3) is 3.64. The molecule has 0 atom stereocenters. The van der Waals surface area contributed by atoms with Gasteiger partial charge in [-0.2, -0.15) is 0 Å². The molecule has 2 rings (SSSR count). The maximum atomic E-state index is 4.67. The number of aryl methyl sites for hydroxylation is 2. The third-order valence-electron chi connectivity index (χ3n) is 3.09. The molecule has 2 heterocycles. The summed E-state index contributed by atoms with van der Waals surface area (Å²) in [7, 11) is 4.14. The van der Waals surface area contributed by atoms with E-state index in [1.54, 1.807) is 11.3 Å². The Labute approximate surface area is 119 Å². The van der Waals surface area contributed by atoms with E-state index in [0.29, 0.717) is 5.92 Å². The first-order valence-corrected chi connectivity index (χ1v) is 7.45. The number of hydrogen-bond acceptors (Lipinski definition) is 4. The molecule has 0 saturated carbocycles. The van der Waals surface area contributed by atoms with E-state index in [-0.39, 0.29) is 0 Å². The summed E-state index contributed by atoms with van der Waals surface area (Å²) in [6.07, 6.45) is 2.09. The predicted molar refractivity (Wildman–Crippen MR) is 79.3 cm³/mol. The summed E-state index contributed by atoms with van der Waals surface area (Å²) in [5, 5.41) is 3.38. The lowest BCUT2D eigenvalue weighted by Crippen LogP contribution is -2.17. The van der Waals surface area contributed by atoms with Crippen molar-refractivity contribution in [3.63, 3.8) is 0 Å². The summed E-state index contributed by atoms with van der Waals surface area (Å²) in [6, 6.07) is 0. The van der Waals surface area contributed by atoms with Crippen molar-refractivity contribution in [2.24, 2.45) is 7.05 Å². The van der Waals surface area contributed by atoms with E-state index in [4.69, 9.17) is 0 Å². The van der Waals surface area contributed by atoms with E-state index in [9.17, 15) is 0 Å². The van der Waals surface area contributed by atoms with Crippen molar-refractivity contribution in [2.75, 3.05) is 7.05 Å². The highest BCUT2D eigenvalue weighted by molar-refractivity contribution is 7.09. The number of aromatic nitrogens is 3. The number of thiazole rings is 1. The van der Waals surface area contributed by atoms with Crippen LogP contribution in [-0.2, 0) is 20.1 Å². The highest BCUT2D eigenvalue weighted by Gasteiger charge is 2.09. The molecule has 0 bridgehead atoms. The van der Waals surface area contributed by atoms with Crippen LogP contribution in [0.4, 0.5) is 0 Å². The quantitative estimate of drug-likeness (QED) is 0.843. The van der Waals surface area contributed by atoms with E-state index >= 15 is 0 Å². The van der Waals surface area contributed by atoms with Crippen LogP contribution in [0.3, 0.4) is 0 Å². The molecule has 19 heavy (non-hydrogen) atoms. The summed E-state index contributed by atoms with van der Waals surface area (Å²) in [4.78, 5) is 11.4. The molecule has 0 amide bonds. The van der Waals surface area contributed by atoms with E-state index in [2.05, 4.69) is 51.9 Å². The SMILES string of the molecule is Cc1nc(CN(C)Cc2csc(C(C)C)n2)cn1C. The Balaban J connectivity index is 1.94. The smallest absolute Gasteiger partial charge is 0.105 e. The summed E-state index contributed by atoms with van der Waals surface area (Å²) >= 11 is 1.75. The van der Waals surface area contributed by atoms with Crippen LogP contribution in [0.15, 0.2) is 11.6 Å². The van der Waals surface area contributed by atoms with E-state index in [1.165, 1.54) is 5.01 Å². The Morgan fingerprint density at radius 2 is 1.95 bits per heavy atom. The minimum atomic E-state index is 0.516. The first-order chi connectivity index (χ1) is 8.95. The van der Waals surface area contributed by atoms with Crippen LogP contribution in [0.5, 0.6) is 0 Å². The summed E-state index contributed by atoms with van der Waals surface area (Å²) in [5.74, 6) is 1.57. The van der Waals surface area contributed by atoms with Crippen molar-refractivity contribution >= 4 is 11.3 Å². The molecule has 0 saturated heterocycles. The lowest BCUT2D eigenvalue weighted by Gasteiger charge is -2.13. The van der Waals surface area contributed by atoms with Gasteiger partial charge >= 0.3 is 0 Å². The molecule has 5 heteroatoms. The second-order valence-electron chi connectivity index (χ2n) is 5.39. The lowest BCUT2D eigenvalue weighted by atomic mass is 10.2. The van der Waals surface area contributed by atoms with Gasteiger partial charge in [0.2, 0.25) is 0 Å². The van der Waals surface area contributed by atoms with Gasteiger partial charge in [-0.25, -0.2) is 9.97 Å². The van der Waals surface area contributed by atoms with Gasteiger partial charge in [-0.05, 0) is 14.0 Å². The minimum Gasteiger partial charge on any atom is -0.338 e. The molecule has 0 radical (unpaired) electrons. The maximum absolute atomic E-state index is 4.67. The average molecular weight is 278 g/mol. The molecule has 0 spiro atoms. The second-order valence-corrected chi connectivity index (χ2v) is 6.28. The zero-order valence-electron chi connectivity index (χ0n) is 12.3. The maximum Gasteiger partial charge on any atom is 0.105 e. The van der Waals surface area contributed by atoms with Crippen LogP contribution in [0, 0.1) is 6.92 Å². The van der Waals surface area contributed by atoms with Gasteiger partial charge in [0.05, 0.1) is 16.4 Å². The fourth-order valence-electron chi connectivity index (χ4n) is 1.98. The van der Waals surface area contributed by atoms with E-state index in [1.807, 2.05) is 14.0 Å². The molecule has 2 aromatic heterocycles. The molecule has 104 valence electrons. The Kier molecular flexibility index (Phi) is 4.37. The lowest BCUT2D eigenvalue weighted by molar-refractivity contribution is 0.312.